The molecule has 4 heteroatoms. The molecule has 1 aliphatic rings. The molecule has 1 fully saturated rings. The van der Waals surface area contributed by atoms with Crippen molar-refractivity contribution in [2.24, 2.45) is 22.7 Å². The number of rotatable bonds is 6. The van der Waals surface area contributed by atoms with E-state index >= 15 is 0 Å². The average molecular weight is 255 g/mol. The van der Waals surface area contributed by atoms with Crippen molar-refractivity contribution < 1.29 is 5.21 Å². The van der Waals surface area contributed by atoms with Crippen LogP contribution in [0.2, 0.25) is 0 Å². The van der Waals surface area contributed by atoms with Crippen LogP contribution in [0.3, 0.4) is 0 Å². The van der Waals surface area contributed by atoms with Crippen LogP contribution in [0.4, 0.5) is 0 Å². The zero-order valence-corrected chi connectivity index (χ0v) is 12.1. The van der Waals surface area contributed by atoms with E-state index in [-0.39, 0.29) is 0 Å². The van der Waals surface area contributed by atoms with Gasteiger partial charge in [-0.2, -0.15) is 0 Å². The van der Waals surface area contributed by atoms with Gasteiger partial charge in [0.15, 0.2) is 0 Å². The monoisotopic (exact) mass is 255 g/mol. The molecule has 0 aromatic rings. The number of hydrogen-bond donors (Lipinski definition) is 2. The van der Waals surface area contributed by atoms with Gasteiger partial charge in [-0.3, -0.25) is 4.90 Å². The molecular weight excluding hydrogens is 226 g/mol. The van der Waals surface area contributed by atoms with Gasteiger partial charge in [0, 0.05) is 25.6 Å². The van der Waals surface area contributed by atoms with Crippen LogP contribution < -0.4 is 5.73 Å². The lowest BCUT2D eigenvalue weighted by molar-refractivity contribution is 0.129. The molecule has 0 aliphatic heterocycles. The number of hydrogen-bond acceptors (Lipinski definition) is 3. The number of nitrogens with zero attached hydrogens (tertiary/aromatic N) is 2. The standard InChI is InChI=1S/C14H29N3O/c1-11(2)10-17(9-8-14(15)16-18)13-6-4-12(3)5-7-13/h11-13,18H,4-10H2,1-3H3,(H2,15,16). The Bertz CT molecular complexity index is 258. The lowest BCUT2D eigenvalue weighted by Crippen LogP contribution is -2.41. The molecule has 0 bridgehead atoms. The summed E-state index contributed by atoms with van der Waals surface area (Å²) in [4.78, 5) is 2.54. The molecule has 4 nitrogen and oxygen atoms in total. The first-order chi connectivity index (χ1) is 8.52. The van der Waals surface area contributed by atoms with Gasteiger partial charge in [0.05, 0.1) is 0 Å². The van der Waals surface area contributed by atoms with Crippen LogP contribution in [-0.4, -0.2) is 35.1 Å². The van der Waals surface area contributed by atoms with E-state index in [1.54, 1.807) is 0 Å². The van der Waals surface area contributed by atoms with E-state index in [4.69, 9.17) is 10.9 Å². The van der Waals surface area contributed by atoms with Crippen LogP contribution >= 0.6 is 0 Å². The molecule has 0 heterocycles. The minimum atomic E-state index is 0.341. The summed E-state index contributed by atoms with van der Waals surface area (Å²) in [5, 5.41) is 11.7. The van der Waals surface area contributed by atoms with Crippen molar-refractivity contribution in [1.29, 1.82) is 0 Å². The van der Waals surface area contributed by atoms with Gasteiger partial charge in [-0.15, -0.1) is 0 Å². The molecule has 1 rings (SSSR count). The number of oxime groups is 1. The first-order valence-electron chi connectivity index (χ1n) is 7.23. The quantitative estimate of drug-likeness (QED) is 0.332. The average Bonchev–Trinajstić information content (AvgIpc) is 2.34. The van der Waals surface area contributed by atoms with Crippen LogP contribution in [0.25, 0.3) is 0 Å². The molecule has 0 aromatic carbocycles. The predicted molar refractivity (Wildman–Crippen MR) is 75.9 cm³/mol. The minimum Gasteiger partial charge on any atom is -0.409 e. The SMILES string of the molecule is CC(C)CN(CCC(N)=NO)C1CCC(C)CC1. The van der Waals surface area contributed by atoms with E-state index < -0.39 is 0 Å². The van der Waals surface area contributed by atoms with E-state index in [0.29, 0.717) is 24.2 Å². The van der Waals surface area contributed by atoms with Crippen molar-refractivity contribution in [3.8, 4) is 0 Å². The molecular formula is C14H29N3O. The summed E-state index contributed by atoms with van der Waals surface area (Å²) in [6.07, 6.45) is 5.93. The summed E-state index contributed by atoms with van der Waals surface area (Å²) in [7, 11) is 0. The molecule has 0 atom stereocenters. The fraction of sp³-hybridized carbons (Fsp3) is 0.929. The van der Waals surface area contributed by atoms with Crippen molar-refractivity contribution in [1.82, 2.24) is 4.90 Å². The third kappa shape index (κ3) is 5.25. The van der Waals surface area contributed by atoms with Gasteiger partial charge in [-0.1, -0.05) is 25.9 Å². The zero-order valence-electron chi connectivity index (χ0n) is 12.1. The zero-order chi connectivity index (χ0) is 13.5. The third-order valence-corrected chi connectivity index (χ3v) is 3.89. The Labute approximate surface area is 111 Å². The van der Waals surface area contributed by atoms with Crippen molar-refractivity contribution in [2.75, 3.05) is 13.1 Å². The van der Waals surface area contributed by atoms with E-state index in [9.17, 15) is 0 Å². The van der Waals surface area contributed by atoms with Crippen LogP contribution in [0.1, 0.15) is 52.9 Å². The van der Waals surface area contributed by atoms with E-state index in [0.717, 1.165) is 19.0 Å². The van der Waals surface area contributed by atoms with Gasteiger partial charge in [0.1, 0.15) is 5.84 Å². The largest absolute Gasteiger partial charge is 0.409 e. The predicted octanol–water partition coefficient (Wildman–Crippen LogP) is 2.66. The number of nitrogens with two attached hydrogens (primary N) is 1. The highest BCUT2D eigenvalue weighted by molar-refractivity contribution is 5.79. The lowest BCUT2D eigenvalue weighted by Gasteiger charge is -2.37. The molecule has 0 radical (unpaired) electrons. The Morgan fingerprint density at radius 3 is 2.44 bits per heavy atom. The fourth-order valence-electron chi connectivity index (χ4n) is 2.81. The summed E-state index contributed by atoms with van der Waals surface area (Å²) in [5.74, 6) is 1.88. The Kier molecular flexibility index (Phi) is 6.47. The molecule has 3 N–H and O–H groups in total. The van der Waals surface area contributed by atoms with Gasteiger partial charge in [-0.25, -0.2) is 0 Å². The maximum atomic E-state index is 8.62. The van der Waals surface area contributed by atoms with Crippen LogP contribution in [0, 0.1) is 11.8 Å². The second kappa shape index (κ2) is 7.62. The Morgan fingerprint density at radius 1 is 1.33 bits per heavy atom. The Balaban J connectivity index is 2.49. The minimum absolute atomic E-state index is 0.341. The van der Waals surface area contributed by atoms with Crippen LogP contribution in [-0.2, 0) is 0 Å². The second-order valence-corrected chi connectivity index (χ2v) is 6.14. The van der Waals surface area contributed by atoms with E-state index in [1.165, 1.54) is 25.7 Å². The van der Waals surface area contributed by atoms with Gasteiger partial charge in [0.2, 0.25) is 0 Å². The summed E-state index contributed by atoms with van der Waals surface area (Å²) < 4.78 is 0. The smallest absolute Gasteiger partial charge is 0.140 e. The summed E-state index contributed by atoms with van der Waals surface area (Å²) in [6.45, 7) is 8.87. The summed E-state index contributed by atoms with van der Waals surface area (Å²) in [5.41, 5.74) is 5.58. The fourth-order valence-corrected chi connectivity index (χ4v) is 2.81. The first kappa shape index (κ1) is 15.3. The van der Waals surface area contributed by atoms with Crippen molar-refractivity contribution in [3.63, 3.8) is 0 Å². The first-order valence-corrected chi connectivity index (χ1v) is 7.23. The van der Waals surface area contributed by atoms with Gasteiger partial charge in [-0.05, 0) is 37.5 Å². The van der Waals surface area contributed by atoms with Crippen molar-refractivity contribution in [3.05, 3.63) is 0 Å². The van der Waals surface area contributed by atoms with Gasteiger partial charge < -0.3 is 10.9 Å². The highest BCUT2D eigenvalue weighted by Crippen LogP contribution is 2.27. The molecule has 1 aliphatic carbocycles. The molecule has 106 valence electrons. The molecule has 0 aromatic heterocycles. The second-order valence-electron chi connectivity index (χ2n) is 6.14. The molecule has 0 saturated heterocycles. The van der Waals surface area contributed by atoms with Gasteiger partial charge >= 0.3 is 0 Å². The Hall–Kier alpha value is -0.770. The van der Waals surface area contributed by atoms with E-state index in [2.05, 4.69) is 30.8 Å². The third-order valence-electron chi connectivity index (χ3n) is 3.89. The maximum absolute atomic E-state index is 8.62. The molecule has 0 spiro atoms. The van der Waals surface area contributed by atoms with Gasteiger partial charge in [0.25, 0.3) is 0 Å². The molecule has 0 unspecified atom stereocenters. The maximum Gasteiger partial charge on any atom is 0.140 e. The highest BCUT2D eigenvalue weighted by Gasteiger charge is 2.24. The highest BCUT2D eigenvalue weighted by atomic mass is 16.4. The van der Waals surface area contributed by atoms with E-state index in [1.807, 2.05) is 0 Å². The molecule has 18 heavy (non-hydrogen) atoms. The topological polar surface area (TPSA) is 61.8 Å². The summed E-state index contributed by atoms with van der Waals surface area (Å²) in [6, 6.07) is 0.690. The van der Waals surface area contributed by atoms with Crippen LogP contribution in [0.15, 0.2) is 5.16 Å². The van der Waals surface area contributed by atoms with Crippen LogP contribution in [0.5, 0.6) is 0 Å². The lowest BCUT2D eigenvalue weighted by atomic mass is 9.86. The molecule has 1 saturated carbocycles. The van der Waals surface area contributed by atoms with Crippen molar-refractivity contribution in [2.45, 2.75) is 58.9 Å². The number of amidine groups is 1. The Morgan fingerprint density at radius 2 is 1.94 bits per heavy atom. The summed E-state index contributed by atoms with van der Waals surface area (Å²) >= 11 is 0. The normalized spacial score (nSPS) is 25.9. The molecule has 0 amide bonds. The van der Waals surface area contributed by atoms with Crippen molar-refractivity contribution >= 4 is 5.84 Å².